The first-order valence-corrected chi connectivity index (χ1v) is 5.88. The molecule has 0 saturated heterocycles. The first-order chi connectivity index (χ1) is 8.77. The predicted molar refractivity (Wildman–Crippen MR) is 63.0 cm³/mol. The second-order valence-corrected chi connectivity index (χ2v) is 4.84. The molecule has 2 rings (SSSR count). The van der Waals surface area contributed by atoms with E-state index in [4.69, 9.17) is 11.6 Å². The Labute approximate surface area is 111 Å². The fourth-order valence-electron chi connectivity index (χ4n) is 1.84. The fourth-order valence-corrected chi connectivity index (χ4v) is 2.07. The van der Waals surface area contributed by atoms with Gasteiger partial charge in [-0.1, -0.05) is 17.7 Å². The van der Waals surface area contributed by atoms with E-state index in [1.165, 1.54) is 18.2 Å². The smallest absolute Gasteiger partial charge is 0.299 e. The summed E-state index contributed by atoms with van der Waals surface area (Å²) < 4.78 is 38.2. The van der Waals surface area contributed by atoms with Gasteiger partial charge in [0.25, 0.3) is 5.69 Å². The molecule has 0 spiro atoms. The van der Waals surface area contributed by atoms with Crippen molar-refractivity contribution in [3.63, 3.8) is 0 Å². The molecule has 1 fully saturated rings. The van der Waals surface area contributed by atoms with E-state index >= 15 is 0 Å². The maximum absolute atomic E-state index is 12.7. The van der Waals surface area contributed by atoms with Crippen LogP contribution in [-0.2, 0) is 6.54 Å². The lowest BCUT2D eigenvalue weighted by atomic mass is 10.1. The first kappa shape index (κ1) is 14.1. The van der Waals surface area contributed by atoms with Crippen LogP contribution in [0.1, 0.15) is 18.4 Å². The number of rotatable bonds is 4. The Balaban J connectivity index is 2.19. The van der Waals surface area contributed by atoms with Crippen LogP contribution in [0.25, 0.3) is 0 Å². The van der Waals surface area contributed by atoms with Gasteiger partial charge >= 0.3 is 6.18 Å². The summed E-state index contributed by atoms with van der Waals surface area (Å²) in [5.41, 5.74) is -2.12. The monoisotopic (exact) mass is 294 g/mol. The fraction of sp³-hybridized carbons (Fsp3) is 0.455. The summed E-state index contributed by atoms with van der Waals surface area (Å²) in [5, 5.41) is 13.2. The molecule has 0 aromatic heterocycles. The number of nitro benzene ring substituents is 1. The summed E-state index contributed by atoms with van der Waals surface area (Å²) in [6.45, 7) is -0.282. The van der Waals surface area contributed by atoms with Gasteiger partial charge in [-0.25, -0.2) is 0 Å². The Bertz CT molecular complexity index is 515. The predicted octanol–water partition coefficient (Wildman–Crippen LogP) is 3.43. The second kappa shape index (κ2) is 4.64. The van der Waals surface area contributed by atoms with Crippen LogP contribution in [-0.4, -0.2) is 16.6 Å². The first-order valence-electron chi connectivity index (χ1n) is 5.50. The van der Waals surface area contributed by atoms with Crippen LogP contribution in [0.15, 0.2) is 18.2 Å². The Morgan fingerprint density at radius 2 is 2.05 bits per heavy atom. The second-order valence-electron chi connectivity index (χ2n) is 4.43. The largest absolute Gasteiger partial charge is 0.406 e. The van der Waals surface area contributed by atoms with Crippen molar-refractivity contribution in [3.8, 4) is 0 Å². The average Bonchev–Trinajstić information content (AvgIpc) is 3.07. The number of benzene rings is 1. The Kier molecular flexibility index (Phi) is 3.44. The lowest BCUT2D eigenvalue weighted by molar-refractivity contribution is -0.385. The molecule has 0 aliphatic heterocycles. The molecule has 104 valence electrons. The van der Waals surface area contributed by atoms with Crippen molar-refractivity contribution in [2.24, 2.45) is 0 Å². The molecule has 0 bridgehead atoms. The molecule has 1 N–H and O–H groups in total. The third kappa shape index (κ3) is 2.66. The van der Waals surface area contributed by atoms with E-state index < -0.39 is 16.6 Å². The minimum Gasteiger partial charge on any atom is -0.299 e. The van der Waals surface area contributed by atoms with E-state index in [0.29, 0.717) is 0 Å². The van der Waals surface area contributed by atoms with Gasteiger partial charge in [0.1, 0.15) is 5.54 Å². The number of hydrogen-bond acceptors (Lipinski definition) is 3. The Morgan fingerprint density at radius 3 is 2.53 bits per heavy atom. The van der Waals surface area contributed by atoms with Crippen molar-refractivity contribution in [3.05, 3.63) is 38.9 Å². The van der Waals surface area contributed by atoms with Gasteiger partial charge in [-0.2, -0.15) is 13.2 Å². The minimum absolute atomic E-state index is 0.0191. The van der Waals surface area contributed by atoms with E-state index in [1.54, 1.807) is 0 Å². The molecule has 0 unspecified atom stereocenters. The summed E-state index contributed by atoms with van der Waals surface area (Å²) >= 11 is 5.81. The lowest BCUT2D eigenvalue weighted by Gasteiger charge is -2.21. The van der Waals surface area contributed by atoms with Crippen molar-refractivity contribution < 1.29 is 18.1 Å². The summed E-state index contributed by atoms with van der Waals surface area (Å²) in [6.07, 6.45) is -4.40. The van der Waals surface area contributed by atoms with Gasteiger partial charge in [-0.15, -0.1) is 0 Å². The molecule has 1 saturated carbocycles. The standard InChI is InChI=1S/C11H10ClF3N2O2/c12-8-2-1-3-9(17(18)19)7(8)6-16-10(4-5-10)11(13,14)15/h1-3,16H,4-6H2. The molecule has 0 atom stereocenters. The summed E-state index contributed by atoms with van der Waals surface area (Å²) in [7, 11) is 0. The highest BCUT2D eigenvalue weighted by Crippen LogP contribution is 2.49. The highest BCUT2D eigenvalue weighted by molar-refractivity contribution is 6.31. The molecule has 4 nitrogen and oxygen atoms in total. The van der Waals surface area contributed by atoms with E-state index in [0.717, 1.165) is 0 Å². The zero-order chi connectivity index (χ0) is 14.3. The number of halogens is 4. The van der Waals surface area contributed by atoms with Crippen LogP contribution >= 0.6 is 11.6 Å². The maximum atomic E-state index is 12.7. The lowest BCUT2D eigenvalue weighted by Crippen LogP contribution is -2.44. The highest BCUT2D eigenvalue weighted by atomic mass is 35.5. The van der Waals surface area contributed by atoms with Gasteiger partial charge in [-0.05, 0) is 18.9 Å². The number of alkyl halides is 3. The van der Waals surface area contributed by atoms with Crippen molar-refractivity contribution in [2.75, 3.05) is 0 Å². The van der Waals surface area contributed by atoms with Crippen LogP contribution in [0.4, 0.5) is 18.9 Å². The SMILES string of the molecule is O=[N+]([O-])c1cccc(Cl)c1CNC1(C(F)(F)F)CC1. The van der Waals surface area contributed by atoms with E-state index in [2.05, 4.69) is 5.32 Å². The zero-order valence-corrected chi connectivity index (χ0v) is 10.4. The van der Waals surface area contributed by atoms with Crippen molar-refractivity contribution in [2.45, 2.75) is 31.1 Å². The molecular weight excluding hydrogens is 285 g/mol. The molecule has 1 aliphatic carbocycles. The van der Waals surface area contributed by atoms with Gasteiger partial charge < -0.3 is 0 Å². The van der Waals surface area contributed by atoms with Crippen molar-refractivity contribution >= 4 is 17.3 Å². The average molecular weight is 295 g/mol. The molecule has 0 amide bonds. The molecule has 0 radical (unpaired) electrons. The third-order valence-electron chi connectivity index (χ3n) is 3.19. The van der Waals surface area contributed by atoms with Gasteiger partial charge in [0.15, 0.2) is 0 Å². The number of hydrogen-bond donors (Lipinski definition) is 1. The number of nitrogens with zero attached hydrogens (tertiary/aromatic N) is 1. The summed E-state index contributed by atoms with van der Waals surface area (Å²) in [6, 6.07) is 4.02. The van der Waals surface area contributed by atoms with Crippen LogP contribution in [0.5, 0.6) is 0 Å². The third-order valence-corrected chi connectivity index (χ3v) is 3.54. The summed E-state index contributed by atoms with van der Waals surface area (Å²) in [4.78, 5) is 10.2. The molecular formula is C11H10ClF3N2O2. The number of nitro groups is 1. The molecule has 19 heavy (non-hydrogen) atoms. The zero-order valence-electron chi connectivity index (χ0n) is 9.63. The highest BCUT2D eigenvalue weighted by Gasteiger charge is 2.63. The van der Waals surface area contributed by atoms with Crippen LogP contribution < -0.4 is 5.32 Å². The normalized spacial score (nSPS) is 17.3. The summed E-state index contributed by atoms with van der Waals surface area (Å²) in [5.74, 6) is 0. The minimum atomic E-state index is -4.36. The molecule has 1 aromatic carbocycles. The van der Waals surface area contributed by atoms with Gasteiger partial charge in [0, 0.05) is 12.6 Å². The van der Waals surface area contributed by atoms with E-state index in [-0.39, 0.29) is 35.7 Å². The molecule has 1 aliphatic rings. The van der Waals surface area contributed by atoms with E-state index in [1.807, 2.05) is 0 Å². The Morgan fingerprint density at radius 1 is 1.42 bits per heavy atom. The van der Waals surface area contributed by atoms with E-state index in [9.17, 15) is 23.3 Å². The molecule has 0 heterocycles. The van der Waals surface area contributed by atoms with Crippen LogP contribution in [0.2, 0.25) is 5.02 Å². The molecule has 1 aromatic rings. The van der Waals surface area contributed by atoms with Crippen molar-refractivity contribution in [1.82, 2.24) is 5.32 Å². The quantitative estimate of drug-likeness (QED) is 0.683. The molecule has 8 heteroatoms. The van der Waals surface area contributed by atoms with Gasteiger partial charge in [0.2, 0.25) is 0 Å². The van der Waals surface area contributed by atoms with Crippen LogP contribution in [0, 0.1) is 10.1 Å². The van der Waals surface area contributed by atoms with Gasteiger partial charge in [-0.3, -0.25) is 15.4 Å². The number of nitrogens with one attached hydrogen (secondary N) is 1. The van der Waals surface area contributed by atoms with Crippen LogP contribution in [0.3, 0.4) is 0 Å². The van der Waals surface area contributed by atoms with Crippen molar-refractivity contribution in [1.29, 1.82) is 0 Å². The maximum Gasteiger partial charge on any atom is 0.406 e. The van der Waals surface area contributed by atoms with Gasteiger partial charge in [0.05, 0.1) is 15.5 Å². The Hall–Kier alpha value is -1.34. The topological polar surface area (TPSA) is 55.2 Å².